The Balaban J connectivity index is 1.61. The summed E-state index contributed by atoms with van der Waals surface area (Å²) < 4.78 is 1.63. The number of aromatic nitrogens is 2. The van der Waals surface area contributed by atoms with Crippen molar-refractivity contribution in [2.75, 3.05) is 36.8 Å². The Morgan fingerprint density at radius 2 is 1.92 bits per heavy atom. The van der Waals surface area contributed by atoms with Gasteiger partial charge in [0.05, 0.1) is 17.1 Å². The quantitative estimate of drug-likeness (QED) is 0.910. The molecular formula is C18H22ClN5O. The third kappa shape index (κ3) is 3.64. The number of hydrogen-bond acceptors (Lipinski definition) is 4. The highest BCUT2D eigenvalue weighted by Gasteiger charge is 2.22. The van der Waals surface area contributed by atoms with E-state index in [9.17, 15) is 4.79 Å². The molecule has 1 aromatic carbocycles. The molecule has 0 unspecified atom stereocenters. The third-order valence-corrected chi connectivity index (χ3v) is 4.77. The van der Waals surface area contributed by atoms with Crippen LogP contribution in [0.4, 0.5) is 11.4 Å². The molecule has 7 heteroatoms. The first-order valence-electron chi connectivity index (χ1n) is 8.23. The number of nitrogens with two attached hydrogens (primary N) is 1. The lowest BCUT2D eigenvalue weighted by Gasteiger charge is -2.36. The molecule has 2 heterocycles. The number of rotatable bonds is 4. The monoisotopic (exact) mass is 359 g/mol. The summed E-state index contributed by atoms with van der Waals surface area (Å²) in [6.45, 7) is 8.71. The van der Waals surface area contributed by atoms with Gasteiger partial charge in [0.15, 0.2) is 0 Å². The first kappa shape index (κ1) is 17.4. The van der Waals surface area contributed by atoms with Crippen molar-refractivity contribution in [3.05, 3.63) is 47.3 Å². The molecule has 0 aliphatic carbocycles. The molecule has 0 bridgehead atoms. The van der Waals surface area contributed by atoms with Crippen LogP contribution >= 0.6 is 11.6 Å². The fraction of sp³-hybridized carbons (Fsp3) is 0.333. The van der Waals surface area contributed by atoms with Crippen molar-refractivity contribution in [2.24, 2.45) is 0 Å². The van der Waals surface area contributed by atoms with Crippen LogP contribution in [0, 0.1) is 6.92 Å². The number of anilines is 2. The Kier molecular flexibility index (Phi) is 4.99. The molecule has 1 saturated heterocycles. The zero-order valence-corrected chi connectivity index (χ0v) is 15.0. The van der Waals surface area contributed by atoms with Crippen molar-refractivity contribution >= 4 is 35.0 Å². The number of nitrogens with zero attached hydrogens (tertiary/aromatic N) is 4. The van der Waals surface area contributed by atoms with Gasteiger partial charge in [-0.25, -0.2) is 0 Å². The van der Waals surface area contributed by atoms with Crippen molar-refractivity contribution in [3.8, 4) is 0 Å². The summed E-state index contributed by atoms with van der Waals surface area (Å²) >= 11 is 5.93. The van der Waals surface area contributed by atoms with Crippen LogP contribution in [0.5, 0.6) is 0 Å². The zero-order valence-electron chi connectivity index (χ0n) is 14.3. The predicted octanol–water partition coefficient (Wildman–Crippen LogP) is 2.42. The molecule has 1 fully saturated rings. The number of carbonyl (C=O) groups excluding carboxylic acids is 1. The summed E-state index contributed by atoms with van der Waals surface area (Å²) in [7, 11) is 0. The van der Waals surface area contributed by atoms with Gasteiger partial charge in [-0.2, -0.15) is 5.10 Å². The number of piperazine rings is 1. The van der Waals surface area contributed by atoms with Crippen LogP contribution < -0.4 is 10.6 Å². The molecule has 0 spiro atoms. The van der Waals surface area contributed by atoms with E-state index in [2.05, 4.69) is 16.6 Å². The van der Waals surface area contributed by atoms with E-state index in [0.717, 1.165) is 29.5 Å². The molecule has 2 aromatic rings. The molecule has 1 aliphatic heterocycles. The summed E-state index contributed by atoms with van der Waals surface area (Å²) in [4.78, 5) is 16.7. The van der Waals surface area contributed by atoms with Crippen LogP contribution in [0.1, 0.15) is 11.4 Å². The van der Waals surface area contributed by atoms with E-state index >= 15 is 0 Å². The molecule has 0 atom stereocenters. The topological polar surface area (TPSA) is 67.4 Å². The zero-order chi connectivity index (χ0) is 18.0. The second kappa shape index (κ2) is 7.19. The molecule has 1 amide bonds. The predicted molar refractivity (Wildman–Crippen MR) is 102 cm³/mol. The van der Waals surface area contributed by atoms with Crippen LogP contribution in [-0.4, -0.2) is 46.8 Å². The van der Waals surface area contributed by atoms with Crippen LogP contribution in [0.3, 0.4) is 0 Å². The smallest absolute Gasteiger partial charge is 0.244 e. The maximum Gasteiger partial charge on any atom is 0.244 e. The average molecular weight is 360 g/mol. The maximum atomic E-state index is 12.6. The van der Waals surface area contributed by atoms with Gasteiger partial charge in [0, 0.05) is 36.9 Å². The molecule has 132 valence electrons. The van der Waals surface area contributed by atoms with E-state index in [0.29, 0.717) is 24.5 Å². The van der Waals surface area contributed by atoms with Gasteiger partial charge < -0.3 is 15.5 Å². The summed E-state index contributed by atoms with van der Waals surface area (Å²) in [6, 6.07) is 7.78. The Labute approximate surface area is 152 Å². The third-order valence-electron chi connectivity index (χ3n) is 4.52. The van der Waals surface area contributed by atoms with Crippen molar-refractivity contribution in [3.63, 3.8) is 0 Å². The Bertz CT molecular complexity index is 776. The van der Waals surface area contributed by atoms with Gasteiger partial charge in [-0.05, 0) is 37.3 Å². The lowest BCUT2D eigenvalue weighted by molar-refractivity contribution is -0.132. The lowest BCUT2D eigenvalue weighted by Crippen LogP contribution is -2.49. The summed E-state index contributed by atoms with van der Waals surface area (Å²) in [5, 5.41) is 5.06. The van der Waals surface area contributed by atoms with E-state index in [1.165, 1.54) is 0 Å². The van der Waals surface area contributed by atoms with Crippen molar-refractivity contribution in [1.29, 1.82) is 0 Å². The number of benzene rings is 1. The number of nitrogen functional groups attached to an aromatic ring is 1. The largest absolute Gasteiger partial charge is 0.395 e. The van der Waals surface area contributed by atoms with Crippen LogP contribution in [0.25, 0.3) is 6.08 Å². The van der Waals surface area contributed by atoms with E-state index in [1.54, 1.807) is 10.8 Å². The van der Waals surface area contributed by atoms with Crippen LogP contribution in [-0.2, 0) is 11.3 Å². The SMILES string of the molecule is C=Cc1c(N)c(C)nn1CC(=O)N1CCN(c2ccc(Cl)cc2)CC1. The van der Waals surface area contributed by atoms with Gasteiger partial charge in [0.1, 0.15) is 6.54 Å². The van der Waals surface area contributed by atoms with Gasteiger partial charge in [0.2, 0.25) is 5.91 Å². The number of amides is 1. The molecule has 0 saturated carbocycles. The maximum absolute atomic E-state index is 12.6. The van der Waals surface area contributed by atoms with E-state index in [4.69, 9.17) is 17.3 Å². The number of hydrogen-bond donors (Lipinski definition) is 1. The van der Waals surface area contributed by atoms with Crippen LogP contribution in [0.2, 0.25) is 5.02 Å². The van der Waals surface area contributed by atoms with E-state index < -0.39 is 0 Å². The average Bonchev–Trinajstić information content (AvgIpc) is 2.89. The minimum atomic E-state index is 0.0429. The fourth-order valence-corrected chi connectivity index (χ4v) is 3.17. The van der Waals surface area contributed by atoms with Gasteiger partial charge >= 0.3 is 0 Å². The fourth-order valence-electron chi connectivity index (χ4n) is 3.04. The van der Waals surface area contributed by atoms with E-state index in [-0.39, 0.29) is 12.5 Å². The molecule has 1 aliphatic rings. The Morgan fingerprint density at radius 3 is 2.52 bits per heavy atom. The second-order valence-corrected chi connectivity index (χ2v) is 6.53. The minimum absolute atomic E-state index is 0.0429. The number of halogens is 1. The van der Waals surface area contributed by atoms with Crippen LogP contribution in [0.15, 0.2) is 30.8 Å². The number of aryl methyl sites for hydroxylation is 1. The molecule has 0 radical (unpaired) electrons. The molecule has 1 aromatic heterocycles. The Hall–Kier alpha value is -2.47. The van der Waals surface area contributed by atoms with Gasteiger partial charge in [-0.1, -0.05) is 18.2 Å². The summed E-state index contributed by atoms with van der Waals surface area (Å²) in [6.07, 6.45) is 1.64. The first-order valence-corrected chi connectivity index (χ1v) is 8.61. The Morgan fingerprint density at radius 1 is 1.28 bits per heavy atom. The summed E-state index contributed by atoms with van der Waals surface area (Å²) in [5.74, 6) is 0.0429. The lowest BCUT2D eigenvalue weighted by atomic mass is 10.2. The molecule has 2 N–H and O–H groups in total. The normalized spacial score (nSPS) is 14.6. The first-order chi connectivity index (χ1) is 12.0. The van der Waals surface area contributed by atoms with Gasteiger partial charge in [-0.15, -0.1) is 0 Å². The standard InChI is InChI=1S/C18H22ClN5O/c1-3-16-18(20)13(2)21-24(16)12-17(25)23-10-8-22(9-11-23)15-6-4-14(19)5-7-15/h3-7H,1,8-12,20H2,2H3. The molecule has 25 heavy (non-hydrogen) atoms. The second-order valence-electron chi connectivity index (χ2n) is 6.09. The molecule has 6 nitrogen and oxygen atoms in total. The summed E-state index contributed by atoms with van der Waals surface area (Å²) in [5.41, 5.74) is 9.09. The molecular weight excluding hydrogens is 338 g/mol. The van der Waals surface area contributed by atoms with Crippen molar-refractivity contribution in [1.82, 2.24) is 14.7 Å². The number of carbonyl (C=O) groups is 1. The molecule has 3 rings (SSSR count). The van der Waals surface area contributed by atoms with Crippen molar-refractivity contribution < 1.29 is 4.79 Å². The van der Waals surface area contributed by atoms with Gasteiger partial charge in [-0.3, -0.25) is 9.48 Å². The minimum Gasteiger partial charge on any atom is -0.395 e. The highest BCUT2D eigenvalue weighted by atomic mass is 35.5. The van der Waals surface area contributed by atoms with Gasteiger partial charge in [0.25, 0.3) is 0 Å². The van der Waals surface area contributed by atoms with E-state index in [1.807, 2.05) is 36.1 Å². The highest BCUT2D eigenvalue weighted by Crippen LogP contribution is 2.20. The van der Waals surface area contributed by atoms with Crippen molar-refractivity contribution in [2.45, 2.75) is 13.5 Å². The highest BCUT2D eigenvalue weighted by molar-refractivity contribution is 6.30.